The number of aromatic amines is 1. The number of nitrogens with one attached hydrogen (secondary N) is 1. The largest absolute Gasteiger partial charge is 0.475 e. The van der Waals surface area contributed by atoms with E-state index in [1.165, 1.54) is 13.1 Å². The first-order chi connectivity index (χ1) is 14.1. The van der Waals surface area contributed by atoms with E-state index in [0.29, 0.717) is 0 Å². The third-order valence-corrected chi connectivity index (χ3v) is 5.80. The summed E-state index contributed by atoms with van der Waals surface area (Å²) in [6, 6.07) is 0. The molecular weight excluding hydrogens is 571 g/mol. The van der Waals surface area contributed by atoms with Crippen LogP contribution >= 0.6 is 77.4 Å². The Bertz CT molecular complexity index is 911. The average Bonchev–Trinajstić information content (AvgIpc) is 2.99. The zero-order valence-corrected chi connectivity index (χ0v) is 21.0. The van der Waals surface area contributed by atoms with Crippen molar-refractivity contribution in [3.63, 3.8) is 0 Å². The lowest BCUT2D eigenvalue weighted by Crippen LogP contribution is -2.33. The number of alkyl halides is 7. The number of H-pyrrole nitrogens is 1. The fourth-order valence-electron chi connectivity index (χ4n) is 2.39. The number of aromatic nitrogens is 2. The molecular formula is C14H16Cl6FN2O7P. The molecule has 1 aliphatic rings. The van der Waals surface area contributed by atoms with E-state index in [9.17, 15) is 18.5 Å². The highest BCUT2D eigenvalue weighted by molar-refractivity contribution is 7.48. The number of aryl methyl sites for hydroxylation is 1. The molecule has 2 rings (SSSR count). The molecule has 31 heavy (non-hydrogen) atoms. The topological polar surface area (TPSA) is 109 Å². The molecule has 0 aliphatic carbocycles. The quantitative estimate of drug-likeness (QED) is 0.356. The molecule has 1 fully saturated rings. The van der Waals surface area contributed by atoms with Gasteiger partial charge in [0.1, 0.15) is 31.7 Å². The minimum Gasteiger partial charge on any atom is -0.349 e. The highest BCUT2D eigenvalue weighted by Gasteiger charge is 2.41. The van der Waals surface area contributed by atoms with Gasteiger partial charge >= 0.3 is 13.5 Å². The Kier molecular flexibility index (Phi) is 9.62. The molecule has 0 radical (unpaired) electrons. The van der Waals surface area contributed by atoms with Gasteiger partial charge in [-0.05, 0) is 6.92 Å². The van der Waals surface area contributed by atoms with Crippen molar-refractivity contribution in [2.75, 3.05) is 19.8 Å². The van der Waals surface area contributed by atoms with E-state index in [0.717, 1.165) is 4.57 Å². The van der Waals surface area contributed by atoms with Crippen LogP contribution in [0.25, 0.3) is 0 Å². The van der Waals surface area contributed by atoms with Gasteiger partial charge in [0.2, 0.25) is 7.59 Å². The molecule has 0 saturated carbocycles. The van der Waals surface area contributed by atoms with Gasteiger partial charge in [0.05, 0.1) is 6.61 Å². The number of phosphoric ester groups is 1. The minimum atomic E-state index is -4.48. The lowest BCUT2D eigenvalue weighted by Gasteiger charge is -2.23. The van der Waals surface area contributed by atoms with Crippen LogP contribution in [0, 0.1) is 6.92 Å². The number of nitrogens with zero attached hydrogens (tertiary/aromatic N) is 1. The molecule has 1 aromatic heterocycles. The summed E-state index contributed by atoms with van der Waals surface area (Å²) >= 11 is 33.4. The van der Waals surface area contributed by atoms with Crippen molar-refractivity contribution >= 4 is 77.4 Å². The van der Waals surface area contributed by atoms with Gasteiger partial charge in [-0.15, -0.1) is 0 Å². The van der Waals surface area contributed by atoms with Crippen molar-refractivity contribution in [3.8, 4) is 0 Å². The predicted molar refractivity (Wildman–Crippen MR) is 116 cm³/mol. The van der Waals surface area contributed by atoms with Crippen LogP contribution in [0.1, 0.15) is 18.2 Å². The highest BCUT2D eigenvalue weighted by Crippen LogP contribution is 2.53. The summed E-state index contributed by atoms with van der Waals surface area (Å²) in [6.45, 7) is -0.592. The fraction of sp³-hybridized carbons (Fsp3) is 0.714. The molecule has 1 N–H and O–H groups in total. The zero-order chi connectivity index (χ0) is 23.6. The predicted octanol–water partition coefficient (Wildman–Crippen LogP) is 4.37. The summed E-state index contributed by atoms with van der Waals surface area (Å²) in [6.07, 6.45) is -2.95. The van der Waals surface area contributed by atoms with Gasteiger partial charge in [0, 0.05) is 18.2 Å². The Morgan fingerprint density at radius 1 is 1.16 bits per heavy atom. The molecule has 0 spiro atoms. The molecule has 3 unspecified atom stereocenters. The Labute approximate surface area is 205 Å². The number of halogens is 7. The molecule has 1 aliphatic heterocycles. The number of rotatable bonds is 8. The summed E-state index contributed by atoms with van der Waals surface area (Å²) in [4.78, 5) is 25.6. The molecule has 0 amide bonds. The third-order valence-electron chi connectivity index (χ3n) is 3.79. The van der Waals surface area contributed by atoms with Crippen LogP contribution in [0.3, 0.4) is 0 Å². The van der Waals surface area contributed by atoms with E-state index in [4.69, 9.17) is 87.9 Å². The Balaban J connectivity index is 2.08. The van der Waals surface area contributed by atoms with Crippen LogP contribution in [0.2, 0.25) is 0 Å². The SMILES string of the molecule is Cc1cn(C2CC(F)C(COP(=O)(OCC(Cl)(Cl)Cl)OCC(Cl)(Cl)Cl)O2)c(=O)[nH]c1=O. The maximum absolute atomic E-state index is 14.5. The van der Waals surface area contributed by atoms with Gasteiger partial charge in [0.15, 0.2) is 0 Å². The summed E-state index contributed by atoms with van der Waals surface area (Å²) < 4.78 is 44.7. The maximum Gasteiger partial charge on any atom is 0.475 e. The van der Waals surface area contributed by atoms with Gasteiger partial charge in [-0.25, -0.2) is 13.8 Å². The van der Waals surface area contributed by atoms with Crippen LogP contribution in [0.5, 0.6) is 0 Å². The number of hydrogen-bond acceptors (Lipinski definition) is 7. The van der Waals surface area contributed by atoms with Crippen LogP contribution in [-0.4, -0.2) is 49.2 Å². The van der Waals surface area contributed by atoms with Crippen LogP contribution in [0.4, 0.5) is 4.39 Å². The van der Waals surface area contributed by atoms with Crippen molar-refractivity contribution in [2.45, 2.75) is 39.4 Å². The molecule has 0 aromatic carbocycles. The maximum atomic E-state index is 14.5. The van der Waals surface area contributed by atoms with Gasteiger partial charge in [-0.1, -0.05) is 69.6 Å². The van der Waals surface area contributed by atoms with Crippen molar-refractivity contribution in [2.24, 2.45) is 0 Å². The second-order valence-corrected chi connectivity index (χ2v) is 13.1. The third kappa shape index (κ3) is 8.94. The summed E-state index contributed by atoms with van der Waals surface area (Å²) in [7, 11) is -4.48. The monoisotopic (exact) mass is 584 g/mol. The van der Waals surface area contributed by atoms with E-state index in [1.807, 2.05) is 0 Å². The standard InChI is InChI=1S/C14H16Cl6FN2O7P/c1-7-3-23(12(25)22-11(7)24)10-2-8(21)9(30-10)4-27-31(26,28-5-13(15,16)17)29-6-14(18,19)20/h3,8-10H,2,4-6H2,1H3,(H,22,24,25). The summed E-state index contributed by atoms with van der Waals surface area (Å²) in [5.41, 5.74) is -1.13. The second-order valence-electron chi connectivity index (χ2n) is 6.38. The van der Waals surface area contributed by atoms with Gasteiger partial charge in [-0.3, -0.25) is 27.9 Å². The Morgan fingerprint density at radius 3 is 2.23 bits per heavy atom. The lowest BCUT2D eigenvalue weighted by atomic mass is 10.2. The minimum absolute atomic E-state index is 0.225. The highest BCUT2D eigenvalue weighted by atomic mass is 35.6. The Hall–Kier alpha value is 0.420. The molecule has 2 heterocycles. The second kappa shape index (κ2) is 10.8. The Morgan fingerprint density at radius 2 is 1.71 bits per heavy atom. The number of hydrogen-bond donors (Lipinski definition) is 1. The molecule has 178 valence electrons. The average molecular weight is 587 g/mol. The van der Waals surface area contributed by atoms with Crippen LogP contribution in [-0.2, 0) is 22.9 Å². The normalized spacial score (nSPS) is 22.8. The smallest absolute Gasteiger partial charge is 0.349 e. The van der Waals surface area contributed by atoms with Crippen molar-refractivity contribution in [3.05, 3.63) is 32.6 Å². The van der Waals surface area contributed by atoms with E-state index < -0.39 is 65.0 Å². The van der Waals surface area contributed by atoms with E-state index in [1.54, 1.807) is 0 Å². The first-order valence-electron chi connectivity index (χ1n) is 8.37. The zero-order valence-electron chi connectivity index (χ0n) is 15.5. The van der Waals surface area contributed by atoms with Crippen molar-refractivity contribution in [1.29, 1.82) is 0 Å². The van der Waals surface area contributed by atoms with E-state index in [2.05, 4.69) is 4.98 Å². The molecule has 9 nitrogen and oxygen atoms in total. The summed E-state index contributed by atoms with van der Waals surface area (Å²) in [5.74, 6) is 0. The van der Waals surface area contributed by atoms with E-state index in [-0.39, 0.29) is 12.0 Å². The number of phosphoric acid groups is 1. The van der Waals surface area contributed by atoms with Crippen molar-refractivity contribution in [1.82, 2.24) is 9.55 Å². The molecule has 0 bridgehead atoms. The molecule has 17 heteroatoms. The fourth-order valence-corrected chi connectivity index (χ4v) is 4.43. The first kappa shape index (κ1) is 27.7. The van der Waals surface area contributed by atoms with Crippen LogP contribution in [0.15, 0.2) is 15.8 Å². The summed E-state index contributed by atoms with van der Waals surface area (Å²) in [5, 5.41) is 0. The molecule has 1 aromatic rings. The van der Waals surface area contributed by atoms with Gasteiger partial charge in [-0.2, -0.15) is 0 Å². The molecule has 3 atom stereocenters. The van der Waals surface area contributed by atoms with Gasteiger partial charge < -0.3 is 4.74 Å². The van der Waals surface area contributed by atoms with E-state index >= 15 is 0 Å². The van der Waals surface area contributed by atoms with Gasteiger partial charge in [0.25, 0.3) is 5.56 Å². The first-order valence-corrected chi connectivity index (χ1v) is 12.1. The van der Waals surface area contributed by atoms with Crippen LogP contribution < -0.4 is 11.2 Å². The van der Waals surface area contributed by atoms with Crippen molar-refractivity contribution < 1.29 is 27.3 Å². The lowest BCUT2D eigenvalue weighted by molar-refractivity contribution is -0.0383. The molecule has 1 saturated heterocycles. The number of ether oxygens (including phenoxy) is 1.